The number of rotatable bonds is 6. The SMILES string of the molecule is CCOc1ccc(CC(=O)NCC2CCOc3ccccc32)cc1. The van der Waals surface area contributed by atoms with Crippen LogP contribution >= 0.6 is 0 Å². The Morgan fingerprint density at radius 3 is 2.79 bits per heavy atom. The number of amides is 1. The van der Waals surface area contributed by atoms with E-state index in [1.807, 2.05) is 49.4 Å². The minimum atomic E-state index is 0.0446. The third-order valence-electron chi connectivity index (χ3n) is 4.23. The molecule has 1 N–H and O–H groups in total. The van der Waals surface area contributed by atoms with E-state index >= 15 is 0 Å². The summed E-state index contributed by atoms with van der Waals surface area (Å²) in [4.78, 5) is 12.2. The Morgan fingerprint density at radius 1 is 1.21 bits per heavy atom. The molecule has 126 valence electrons. The fourth-order valence-corrected chi connectivity index (χ4v) is 2.98. The van der Waals surface area contributed by atoms with Gasteiger partial charge in [-0.15, -0.1) is 0 Å². The number of fused-ring (bicyclic) bond motifs is 1. The average Bonchev–Trinajstić information content (AvgIpc) is 2.62. The zero-order valence-electron chi connectivity index (χ0n) is 14.0. The first-order valence-electron chi connectivity index (χ1n) is 8.46. The van der Waals surface area contributed by atoms with Crippen LogP contribution in [0.3, 0.4) is 0 Å². The van der Waals surface area contributed by atoms with Crippen molar-refractivity contribution < 1.29 is 14.3 Å². The molecule has 0 saturated heterocycles. The van der Waals surface area contributed by atoms with Gasteiger partial charge < -0.3 is 14.8 Å². The zero-order chi connectivity index (χ0) is 16.8. The van der Waals surface area contributed by atoms with E-state index in [4.69, 9.17) is 9.47 Å². The summed E-state index contributed by atoms with van der Waals surface area (Å²) >= 11 is 0. The Balaban J connectivity index is 1.53. The van der Waals surface area contributed by atoms with Gasteiger partial charge in [-0.2, -0.15) is 0 Å². The number of benzene rings is 2. The maximum absolute atomic E-state index is 12.2. The van der Waals surface area contributed by atoms with Gasteiger partial charge in [0.2, 0.25) is 5.91 Å². The lowest BCUT2D eigenvalue weighted by Crippen LogP contribution is -2.31. The molecule has 0 spiro atoms. The highest BCUT2D eigenvalue weighted by atomic mass is 16.5. The molecule has 0 aromatic heterocycles. The average molecular weight is 325 g/mol. The Kier molecular flexibility index (Phi) is 5.36. The summed E-state index contributed by atoms with van der Waals surface area (Å²) in [6.45, 7) is 3.95. The van der Waals surface area contributed by atoms with E-state index in [9.17, 15) is 4.79 Å². The Bertz CT molecular complexity index is 682. The number of nitrogens with one attached hydrogen (secondary N) is 1. The van der Waals surface area contributed by atoms with Crippen LogP contribution in [-0.2, 0) is 11.2 Å². The molecule has 0 bridgehead atoms. The van der Waals surface area contributed by atoms with Crippen molar-refractivity contribution in [3.63, 3.8) is 0 Å². The molecule has 4 nitrogen and oxygen atoms in total. The van der Waals surface area contributed by atoms with E-state index in [-0.39, 0.29) is 5.91 Å². The van der Waals surface area contributed by atoms with Crippen molar-refractivity contribution in [2.75, 3.05) is 19.8 Å². The lowest BCUT2D eigenvalue weighted by Gasteiger charge is -2.26. The number of hydrogen-bond acceptors (Lipinski definition) is 3. The van der Waals surface area contributed by atoms with E-state index in [1.54, 1.807) is 0 Å². The summed E-state index contributed by atoms with van der Waals surface area (Å²) in [5.41, 5.74) is 2.17. The molecule has 2 aromatic rings. The highest BCUT2D eigenvalue weighted by Gasteiger charge is 2.21. The van der Waals surface area contributed by atoms with Crippen LogP contribution in [0.25, 0.3) is 0 Å². The summed E-state index contributed by atoms with van der Waals surface area (Å²) in [6, 6.07) is 15.7. The summed E-state index contributed by atoms with van der Waals surface area (Å²) in [7, 11) is 0. The van der Waals surface area contributed by atoms with Gasteiger partial charge in [-0.1, -0.05) is 30.3 Å². The highest BCUT2D eigenvalue weighted by molar-refractivity contribution is 5.78. The molecule has 1 aliphatic rings. The fourth-order valence-electron chi connectivity index (χ4n) is 2.98. The van der Waals surface area contributed by atoms with Gasteiger partial charge >= 0.3 is 0 Å². The summed E-state index contributed by atoms with van der Waals surface area (Å²) in [5, 5.41) is 3.06. The van der Waals surface area contributed by atoms with Crippen molar-refractivity contribution in [3.8, 4) is 11.5 Å². The van der Waals surface area contributed by atoms with Crippen molar-refractivity contribution in [2.45, 2.75) is 25.7 Å². The number of hydrogen-bond donors (Lipinski definition) is 1. The lowest BCUT2D eigenvalue weighted by molar-refractivity contribution is -0.120. The minimum Gasteiger partial charge on any atom is -0.494 e. The quantitative estimate of drug-likeness (QED) is 0.886. The second-order valence-electron chi connectivity index (χ2n) is 5.93. The standard InChI is InChI=1S/C20H23NO3/c1-2-23-17-9-7-15(8-10-17)13-20(22)21-14-16-11-12-24-19-6-4-3-5-18(16)19/h3-10,16H,2,11-14H2,1H3,(H,21,22). The van der Waals surface area contributed by atoms with E-state index in [2.05, 4.69) is 11.4 Å². The summed E-state index contributed by atoms with van der Waals surface area (Å²) < 4.78 is 11.1. The van der Waals surface area contributed by atoms with Gasteiger partial charge in [0.15, 0.2) is 0 Å². The first-order chi connectivity index (χ1) is 11.8. The molecule has 24 heavy (non-hydrogen) atoms. The minimum absolute atomic E-state index is 0.0446. The van der Waals surface area contributed by atoms with Gasteiger partial charge in [0, 0.05) is 12.5 Å². The summed E-state index contributed by atoms with van der Waals surface area (Å²) in [6.07, 6.45) is 1.32. The molecule has 0 fully saturated rings. The molecule has 0 aliphatic carbocycles. The smallest absolute Gasteiger partial charge is 0.224 e. The lowest BCUT2D eigenvalue weighted by atomic mass is 9.93. The molecular formula is C20H23NO3. The molecule has 1 unspecified atom stereocenters. The normalized spacial score (nSPS) is 16.0. The molecular weight excluding hydrogens is 302 g/mol. The maximum atomic E-state index is 12.2. The van der Waals surface area contributed by atoms with Crippen LogP contribution in [-0.4, -0.2) is 25.7 Å². The van der Waals surface area contributed by atoms with Crippen LogP contribution in [0.15, 0.2) is 48.5 Å². The zero-order valence-corrected chi connectivity index (χ0v) is 14.0. The third kappa shape index (κ3) is 4.07. The second-order valence-corrected chi connectivity index (χ2v) is 5.93. The molecule has 4 heteroatoms. The van der Waals surface area contributed by atoms with Crippen molar-refractivity contribution in [3.05, 3.63) is 59.7 Å². The Labute approximate surface area is 142 Å². The van der Waals surface area contributed by atoms with Crippen LogP contribution in [0.2, 0.25) is 0 Å². The summed E-state index contributed by atoms with van der Waals surface area (Å²) in [5.74, 6) is 2.14. The number of carbonyl (C=O) groups excluding carboxylic acids is 1. The van der Waals surface area contributed by atoms with Crippen molar-refractivity contribution >= 4 is 5.91 Å². The van der Waals surface area contributed by atoms with Gasteiger partial charge in [0.25, 0.3) is 0 Å². The highest BCUT2D eigenvalue weighted by Crippen LogP contribution is 2.32. The molecule has 1 aliphatic heterocycles. The molecule has 1 amide bonds. The van der Waals surface area contributed by atoms with E-state index in [0.717, 1.165) is 23.5 Å². The first kappa shape index (κ1) is 16.4. The van der Waals surface area contributed by atoms with Gasteiger partial charge in [-0.05, 0) is 42.7 Å². The predicted octanol–water partition coefficient (Wildman–Crippen LogP) is 3.31. The monoisotopic (exact) mass is 325 g/mol. The van der Waals surface area contributed by atoms with Crippen molar-refractivity contribution in [2.24, 2.45) is 0 Å². The maximum Gasteiger partial charge on any atom is 0.224 e. The van der Waals surface area contributed by atoms with Crippen LogP contribution in [0.5, 0.6) is 11.5 Å². The fraction of sp³-hybridized carbons (Fsp3) is 0.350. The Hall–Kier alpha value is -2.49. The van der Waals surface area contributed by atoms with Crippen molar-refractivity contribution in [1.82, 2.24) is 5.32 Å². The van der Waals surface area contributed by atoms with Gasteiger partial charge in [0.05, 0.1) is 19.6 Å². The first-order valence-corrected chi connectivity index (χ1v) is 8.46. The van der Waals surface area contributed by atoms with Crippen LogP contribution in [0.4, 0.5) is 0 Å². The number of ether oxygens (including phenoxy) is 2. The van der Waals surface area contributed by atoms with Crippen LogP contribution < -0.4 is 14.8 Å². The Morgan fingerprint density at radius 2 is 2.00 bits per heavy atom. The topological polar surface area (TPSA) is 47.6 Å². The predicted molar refractivity (Wildman–Crippen MR) is 93.6 cm³/mol. The van der Waals surface area contributed by atoms with Crippen LogP contribution in [0.1, 0.15) is 30.4 Å². The largest absolute Gasteiger partial charge is 0.494 e. The molecule has 0 radical (unpaired) electrons. The molecule has 1 heterocycles. The third-order valence-corrected chi connectivity index (χ3v) is 4.23. The second kappa shape index (κ2) is 7.86. The van der Waals surface area contributed by atoms with Gasteiger partial charge in [0.1, 0.15) is 11.5 Å². The number of carbonyl (C=O) groups is 1. The van der Waals surface area contributed by atoms with Crippen molar-refractivity contribution in [1.29, 1.82) is 0 Å². The van der Waals surface area contributed by atoms with Crippen LogP contribution in [0, 0.1) is 0 Å². The van der Waals surface area contributed by atoms with E-state index in [1.165, 1.54) is 5.56 Å². The number of para-hydroxylation sites is 1. The van der Waals surface area contributed by atoms with E-state index in [0.29, 0.717) is 32.1 Å². The van der Waals surface area contributed by atoms with Gasteiger partial charge in [-0.3, -0.25) is 4.79 Å². The molecule has 0 saturated carbocycles. The molecule has 2 aromatic carbocycles. The molecule has 3 rings (SSSR count). The van der Waals surface area contributed by atoms with E-state index < -0.39 is 0 Å². The van der Waals surface area contributed by atoms with Gasteiger partial charge in [-0.25, -0.2) is 0 Å². The molecule has 1 atom stereocenters.